The van der Waals surface area contributed by atoms with Gasteiger partial charge in [-0.3, -0.25) is 24.7 Å². The zero-order valence-electron chi connectivity index (χ0n) is 23.6. The van der Waals surface area contributed by atoms with Crippen molar-refractivity contribution in [3.05, 3.63) is 53.6 Å². The fourth-order valence-electron chi connectivity index (χ4n) is 4.69. The number of carbonyl (C=O) groups is 3. The summed E-state index contributed by atoms with van der Waals surface area (Å²) in [7, 11) is 1.36. The van der Waals surface area contributed by atoms with Crippen molar-refractivity contribution in [2.75, 3.05) is 37.0 Å². The van der Waals surface area contributed by atoms with Gasteiger partial charge in [0.1, 0.15) is 23.7 Å². The molecular formula is C30H25F2N7O4S. The Morgan fingerprint density at radius 3 is 2.64 bits per heavy atom. The Balaban J connectivity index is 1.36. The van der Waals surface area contributed by atoms with Gasteiger partial charge in [0.15, 0.2) is 15.6 Å². The van der Waals surface area contributed by atoms with E-state index in [1.165, 1.54) is 36.1 Å². The van der Waals surface area contributed by atoms with Crippen LogP contribution in [0, 0.1) is 17.8 Å². The molecule has 2 aliphatic rings. The van der Waals surface area contributed by atoms with Crippen LogP contribution in [0.5, 0.6) is 5.75 Å². The highest BCUT2D eigenvalue weighted by Crippen LogP contribution is 2.37. The van der Waals surface area contributed by atoms with Crippen molar-refractivity contribution >= 4 is 50.4 Å². The molecule has 6 rings (SSSR count). The largest absolute Gasteiger partial charge is 0.494 e. The first kappa shape index (κ1) is 29.1. The molecule has 1 saturated carbocycles. The molecule has 3 aromatic heterocycles. The average Bonchev–Trinajstić information content (AvgIpc) is 3.76. The van der Waals surface area contributed by atoms with E-state index in [-0.39, 0.29) is 52.5 Å². The fraction of sp³-hybridized carbons (Fsp3) is 0.300. The molecule has 4 heterocycles. The summed E-state index contributed by atoms with van der Waals surface area (Å²) in [5.41, 5.74) is 1.32. The first-order valence-electron chi connectivity index (χ1n) is 13.7. The minimum Gasteiger partial charge on any atom is -0.494 e. The molecule has 1 aliphatic heterocycles. The second-order valence-electron chi connectivity index (χ2n) is 10.2. The van der Waals surface area contributed by atoms with Crippen molar-refractivity contribution in [1.29, 1.82) is 0 Å². The number of halogens is 2. The first-order chi connectivity index (χ1) is 21.2. The van der Waals surface area contributed by atoms with Crippen molar-refractivity contribution in [2.24, 2.45) is 5.92 Å². The Labute approximate surface area is 254 Å². The third-order valence-corrected chi connectivity index (χ3v) is 8.03. The Hall–Kier alpha value is -5.03. The summed E-state index contributed by atoms with van der Waals surface area (Å²) in [5, 5.41) is 3.00. The van der Waals surface area contributed by atoms with Crippen LogP contribution in [0.15, 0.2) is 36.7 Å². The van der Waals surface area contributed by atoms with Gasteiger partial charge < -0.3 is 14.5 Å². The highest BCUT2D eigenvalue weighted by molar-refractivity contribution is 7.21. The highest BCUT2D eigenvalue weighted by Gasteiger charge is 2.28. The molecule has 0 atom stereocenters. The number of nitrogens with zero attached hydrogens (tertiary/aromatic N) is 6. The molecule has 14 heteroatoms. The van der Waals surface area contributed by atoms with E-state index in [9.17, 15) is 23.2 Å². The number of ether oxygens (including phenoxy) is 1. The number of anilines is 2. The molecule has 1 aromatic carbocycles. The van der Waals surface area contributed by atoms with Gasteiger partial charge in [-0.1, -0.05) is 17.3 Å². The number of pyridine rings is 1. The summed E-state index contributed by atoms with van der Waals surface area (Å²) < 4.78 is 32.8. The SMILES string of the molecule is COc1cnc(C(F)F)cc1-c1cc(N2CCN(C(C)=O)CC2=O)ccc1C(=O)Nc1nc2ncc(C#CC3CC3)nc2s1. The van der Waals surface area contributed by atoms with Gasteiger partial charge >= 0.3 is 0 Å². The van der Waals surface area contributed by atoms with Crippen molar-refractivity contribution in [1.82, 2.24) is 24.8 Å². The number of hydrogen-bond donors (Lipinski definition) is 1. The molecule has 0 spiro atoms. The van der Waals surface area contributed by atoms with Gasteiger partial charge in [0, 0.05) is 48.3 Å². The van der Waals surface area contributed by atoms with Gasteiger partial charge in [0.2, 0.25) is 11.8 Å². The summed E-state index contributed by atoms with van der Waals surface area (Å²) >= 11 is 1.13. The minimum atomic E-state index is -2.87. The van der Waals surface area contributed by atoms with E-state index in [0.717, 1.165) is 36.4 Å². The Kier molecular flexibility index (Phi) is 7.88. The quantitative estimate of drug-likeness (QED) is 0.317. The molecule has 224 valence electrons. The molecule has 1 N–H and O–H groups in total. The first-order valence-corrected chi connectivity index (χ1v) is 14.5. The van der Waals surface area contributed by atoms with E-state index in [4.69, 9.17) is 4.74 Å². The number of carbonyl (C=O) groups excluding carboxylic acids is 3. The Bertz CT molecular complexity index is 1870. The smallest absolute Gasteiger partial charge is 0.280 e. The number of hydrogen-bond acceptors (Lipinski definition) is 9. The summed E-state index contributed by atoms with van der Waals surface area (Å²) in [4.78, 5) is 58.8. The maximum absolute atomic E-state index is 13.7. The third kappa shape index (κ3) is 6.04. The van der Waals surface area contributed by atoms with Crippen LogP contribution in [-0.2, 0) is 9.59 Å². The second-order valence-corrected chi connectivity index (χ2v) is 11.2. The lowest BCUT2D eigenvalue weighted by Crippen LogP contribution is -2.51. The van der Waals surface area contributed by atoms with E-state index >= 15 is 0 Å². The van der Waals surface area contributed by atoms with Gasteiger partial charge in [-0.15, -0.1) is 0 Å². The molecule has 4 aromatic rings. The average molecular weight is 618 g/mol. The van der Waals surface area contributed by atoms with Crippen molar-refractivity contribution in [3.8, 4) is 28.7 Å². The Morgan fingerprint density at radius 1 is 1.11 bits per heavy atom. The van der Waals surface area contributed by atoms with Crippen LogP contribution in [0.2, 0.25) is 0 Å². The summed E-state index contributed by atoms with van der Waals surface area (Å²) in [6.45, 7) is 1.83. The van der Waals surface area contributed by atoms with Crippen LogP contribution in [0.4, 0.5) is 19.6 Å². The molecule has 0 unspecified atom stereocenters. The number of nitrogens with one attached hydrogen (secondary N) is 1. The van der Waals surface area contributed by atoms with Crippen molar-refractivity contribution < 1.29 is 27.9 Å². The van der Waals surface area contributed by atoms with Crippen LogP contribution in [0.25, 0.3) is 21.6 Å². The molecule has 0 radical (unpaired) electrons. The predicted molar refractivity (Wildman–Crippen MR) is 159 cm³/mol. The number of methoxy groups -OCH3 is 1. The number of benzene rings is 1. The minimum absolute atomic E-state index is 0.103. The number of piperazine rings is 1. The monoisotopic (exact) mass is 617 g/mol. The van der Waals surface area contributed by atoms with Gasteiger partial charge in [-0.25, -0.2) is 18.7 Å². The van der Waals surface area contributed by atoms with Crippen LogP contribution in [0.1, 0.15) is 47.9 Å². The van der Waals surface area contributed by atoms with Crippen LogP contribution in [-0.4, -0.2) is 69.3 Å². The lowest BCUT2D eigenvalue weighted by Gasteiger charge is -2.34. The van der Waals surface area contributed by atoms with Gasteiger partial charge in [-0.05, 0) is 43.0 Å². The normalized spacial score (nSPS) is 14.9. The number of thiazole rings is 1. The lowest BCUT2D eigenvalue weighted by atomic mass is 9.97. The zero-order valence-corrected chi connectivity index (χ0v) is 24.5. The molecule has 11 nitrogen and oxygen atoms in total. The molecule has 2 fully saturated rings. The highest BCUT2D eigenvalue weighted by atomic mass is 32.1. The van der Waals surface area contributed by atoms with Crippen molar-refractivity contribution in [3.63, 3.8) is 0 Å². The number of rotatable bonds is 6. The number of amides is 3. The van der Waals surface area contributed by atoms with Gasteiger partial charge in [0.25, 0.3) is 12.3 Å². The van der Waals surface area contributed by atoms with Crippen LogP contribution >= 0.6 is 11.3 Å². The number of fused-ring (bicyclic) bond motifs is 1. The van der Waals surface area contributed by atoms with E-state index in [1.54, 1.807) is 12.1 Å². The third-order valence-electron chi connectivity index (χ3n) is 7.17. The van der Waals surface area contributed by atoms with Crippen LogP contribution in [0.3, 0.4) is 0 Å². The zero-order chi connectivity index (χ0) is 31.0. The van der Waals surface area contributed by atoms with Crippen molar-refractivity contribution in [2.45, 2.75) is 26.2 Å². The molecule has 44 heavy (non-hydrogen) atoms. The number of alkyl halides is 2. The van der Waals surface area contributed by atoms with Crippen LogP contribution < -0.4 is 15.0 Å². The van der Waals surface area contributed by atoms with E-state index < -0.39 is 18.0 Å². The fourth-order valence-corrected chi connectivity index (χ4v) is 5.48. The molecule has 0 bridgehead atoms. The Morgan fingerprint density at radius 2 is 1.93 bits per heavy atom. The maximum Gasteiger partial charge on any atom is 0.280 e. The predicted octanol–water partition coefficient (Wildman–Crippen LogP) is 4.30. The lowest BCUT2D eigenvalue weighted by molar-refractivity contribution is -0.135. The second kappa shape index (κ2) is 11.9. The molecule has 1 aliphatic carbocycles. The standard InChI is InChI=1S/C30H25F2N7O4S/c1-16(40)38-9-10-39(25(41)15-38)19-7-8-20(21(11-19)22-12-23(26(31)32)33-14-24(22)43-2)28(42)37-30-36-27-29(44-30)35-18(13-34-27)6-5-17-3-4-17/h7-8,11-14,17,26H,3-4,9-10,15H2,1-2H3,(H,34,36,37,42). The van der Waals surface area contributed by atoms with Gasteiger partial charge in [-0.2, -0.15) is 4.98 Å². The number of aromatic nitrogens is 4. The van der Waals surface area contributed by atoms with E-state index in [1.807, 2.05) is 0 Å². The summed E-state index contributed by atoms with van der Waals surface area (Å²) in [6, 6.07) is 5.82. The van der Waals surface area contributed by atoms with E-state index in [2.05, 4.69) is 37.1 Å². The summed E-state index contributed by atoms with van der Waals surface area (Å²) in [5.74, 6) is 5.60. The topological polar surface area (TPSA) is 131 Å². The van der Waals surface area contributed by atoms with Gasteiger partial charge in [0.05, 0.1) is 19.5 Å². The maximum atomic E-state index is 13.7. The molecular weight excluding hydrogens is 592 g/mol. The van der Waals surface area contributed by atoms with E-state index in [0.29, 0.717) is 34.3 Å². The molecule has 1 saturated heterocycles. The molecule has 3 amide bonds. The summed E-state index contributed by atoms with van der Waals surface area (Å²) in [6.07, 6.45) is 2.00.